The Balaban J connectivity index is 2.44. The van der Waals surface area contributed by atoms with Crippen LogP contribution in [-0.4, -0.2) is 20.0 Å². The number of rotatable bonds is 3. The van der Waals surface area contributed by atoms with E-state index in [0.29, 0.717) is 0 Å². The van der Waals surface area contributed by atoms with Gasteiger partial charge in [0.25, 0.3) is 0 Å². The van der Waals surface area contributed by atoms with Crippen LogP contribution in [0, 0.1) is 5.92 Å². The van der Waals surface area contributed by atoms with Crippen molar-refractivity contribution in [2.75, 3.05) is 14.2 Å². The third-order valence-corrected chi connectivity index (χ3v) is 3.26. The number of carbonyl (C=O) groups excluding carboxylic acids is 1. The summed E-state index contributed by atoms with van der Waals surface area (Å²) >= 11 is 0. The summed E-state index contributed by atoms with van der Waals surface area (Å²) in [7, 11) is 3.31. The zero-order chi connectivity index (χ0) is 11.7. The molecule has 0 N–H and O–H groups in total. The van der Waals surface area contributed by atoms with Crippen LogP contribution in [0.5, 0.6) is 11.5 Å². The Hall–Kier alpha value is -1.51. The molecule has 1 aliphatic carbocycles. The number of ketones is 1. The highest BCUT2D eigenvalue weighted by Gasteiger charge is 2.29. The maximum atomic E-state index is 11.4. The Bertz CT molecular complexity index is 390. The van der Waals surface area contributed by atoms with Crippen LogP contribution >= 0.6 is 0 Å². The van der Waals surface area contributed by atoms with Gasteiger partial charge in [0.2, 0.25) is 0 Å². The second kappa shape index (κ2) is 4.16. The summed E-state index contributed by atoms with van der Waals surface area (Å²) in [6.07, 6.45) is 1.54. The van der Waals surface area contributed by atoms with Crippen molar-refractivity contribution >= 4 is 5.78 Å². The van der Waals surface area contributed by atoms with Crippen molar-refractivity contribution in [3.8, 4) is 11.5 Å². The summed E-state index contributed by atoms with van der Waals surface area (Å²) in [5.74, 6) is 2.04. The van der Waals surface area contributed by atoms with Crippen molar-refractivity contribution in [2.45, 2.75) is 19.8 Å². The van der Waals surface area contributed by atoms with Gasteiger partial charge in [-0.1, -0.05) is 0 Å². The van der Waals surface area contributed by atoms with E-state index in [1.54, 1.807) is 21.1 Å². The predicted molar refractivity (Wildman–Crippen MR) is 61.1 cm³/mol. The summed E-state index contributed by atoms with van der Waals surface area (Å²) in [5.41, 5.74) is 2.25. The number of methoxy groups -OCH3 is 2. The van der Waals surface area contributed by atoms with E-state index in [0.717, 1.165) is 35.5 Å². The van der Waals surface area contributed by atoms with Gasteiger partial charge in [-0.15, -0.1) is 0 Å². The number of benzene rings is 1. The molecule has 0 bridgehead atoms. The summed E-state index contributed by atoms with van der Waals surface area (Å²) in [6.45, 7) is 1.65. The molecule has 1 aliphatic rings. The van der Waals surface area contributed by atoms with E-state index in [9.17, 15) is 4.79 Å². The minimum absolute atomic E-state index is 0.0835. The first-order chi connectivity index (χ1) is 7.67. The molecule has 0 saturated heterocycles. The zero-order valence-corrected chi connectivity index (χ0v) is 9.87. The molecule has 0 aromatic heterocycles. The molecule has 0 aliphatic heterocycles. The lowest BCUT2D eigenvalue weighted by atomic mass is 10.0. The van der Waals surface area contributed by atoms with Gasteiger partial charge in [-0.3, -0.25) is 4.79 Å². The van der Waals surface area contributed by atoms with E-state index in [1.807, 2.05) is 12.1 Å². The molecule has 0 saturated carbocycles. The fraction of sp³-hybridized carbons (Fsp3) is 0.462. The van der Waals surface area contributed by atoms with Gasteiger partial charge in [0.05, 0.1) is 14.2 Å². The first-order valence-electron chi connectivity index (χ1n) is 5.40. The van der Waals surface area contributed by atoms with Gasteiger partial charge < -0.3 is 9.47 Å². The van der Waals surface area contributed by atoms with E-state index in [-0.39, 0.29) is 11.7 Å². The van der Waals surface area contributed by atoms with Crippen LogP contribution in [0.4, 0.5) is 0 Å². The van der Waals surface area contributed by atoms with Crippen LogP contribution in [0.3, 0.4) is 0 Å². The second-order valence-electron chi connectivity index (χ2n) is 4.14. The van der Waals surface area contributed by atoms with Gasteiger partial charge in [-0.05, 0) is 31.9 Å². The molecule has 3 heteroatoms. The molecule has 0 heterocycles. The van der Waals surface area contributed by atoms with Crippen molar-refractivity contribution in [1.82, 2.24) is 0 Å². The molecule has 0 spiro atoms. The number of Topliss-reactive ketones (excluding diaryl/α,β-unsaturated/α-hetero) is 1. The normalized spacial score (nSPS) is 14.7. The molecule has 1 aromatic carbocycles. The number of hydrogen-bond donors (Lipinski definition) is 0. The molecule has 0 fully saturated rings. The minimum Gasteiger partial charge on any atom is -0.496 e. The van der Waals surface area contributed by atoms with E-state index < -0.39 is 0 Å². The lowest BCUT2D eigenvalue weighted by Gasteiger charge is -2.10. The fourth-order valence-corrected chi connectivity index (χ4v) is 2.33. The highest BCUT2D eigenvalue weighted by atomic mass is 16.5. The molecule has 16 heavy (non-hydrogen) atoms. The average molecular weight is 220 g/mol. The fourth-order valence-electron chi connectivity index (χ4n) is 2.33. The first kappa shape index (κ1) is 11.0. The summed E-state index contributed by atoms with van der Waals surface area (Å²) in [4.78, 5) is 11.4. The Morgan fingerprint density at radius 1 is 1.12 bits per heavy atom. The lowest BCUT2D eigenvalue weighted by Crippen LogP contribution is -2.10. The highest BCUT2D eigenvalue weighted by molar-refractivity contribution is 5.80. The third kappa shape index (κ3) is 1.66. The summed E-state index contributed by atoms with van der Waals surface area (Å²) in [6, 6.07) is 3.81. The number of carbonyl (C=O) groups is 1. The van der Waals surface area contributed by atoms with Crippen molar-refractivity contribution in [1.29, 1.82) is 0 Å². The molecule has 0 radical (unpaired) electrons. The number of ether oxygens (including phenoxy) is 2. The van der Waals surface area contributed by atoms with Crippen molar-refractivity contribution in [2.24, 2.45) is 5.92 Å². The second-order valence-corrected chi connectivity index (χ2v) is 4.14. The van der Waals surface area contributed by atoms with Gasteiger partial charge >= 0.3 is 0 Å². The van der Waals surface area contributed by atoms with Gasteiger partial charge in [-0.25, -0.2) is 0 Å². The Morgan fingerprint density at radius 3 is 1.88 bits per heavy atom. The maximum Gasteiger partial charge on any atom is 0.133 e. The van der Waals surface area contributed by atoms with Crippen LogP contribution < -0.4 is 9.47 Å². The largest absolute Gasteiger partial charge is 0.496 e. The number of fused-ring (bicyclic) bond motifs is 1. The Morgan fingerprint density at radius 2 is 1.56 bits per heavy atom. The summed E-state index contributed by atoms with van der Waals surface area (Å²) < 4.78 is 10.6. The predicted octanol–water partition coefficient (Wildman–Crippen LogP) is 2.01. The molecule has 3 nitrogen and oxygen atoms in total. The number of hydrogen-bond acceptors (Lipinski definition) is 3. The maximum absolute atomic E-state index is 11.4. The summed E-state index contributed by atoms with van der Waals surface area (Å²) in [5, 5.41) is 0. The zero-order valence-electron chi connectivity index (χ0n) is 9.87. The van der Waals surface area contributed by atoms with Crippen LogP contribution in [0.15, 0.2) is 12.1 Å². The standard InChI is InChI=1S/C13H16O3/c1-8(14)9-6-10-11(7-9)13(16-3)5-4-12(10)15-2/h4-5,9H,6-7H2,1-3H3. The Kier molecular flexibility index (Phi) is 2.86. The molecule has 2 rings (SSSR count). The SMILES string of the molecule is COc1ccc(OC)c2c1CC(C(C)=O)C2. The molecule has 1 aromatic rings. The van der Waals surface area contributed by atoms with Gasteiger partial charge in [0, 0.05) is 17.0 Å². The average Bonchev–Trinajstić information content (AvgIpc) is 2.72. The third-order valence-electron chi connectivity index (χ3n) is 3.26. The van der Waals surface area contributed by atoms with Crippen molar-refractivity contribution in [3.63, 3.8) is 0 Å². The van der Waals surface area contributed by atoms with E-state index >= 15 is 0 Å². The smallest absolute Gasteiger partial charge is 0.133 e. The van der Waals surface area contributed by atoms with Crippen molar-refractivity contribution < 1.29 is 14.3 Å². The molecular weight excluding hydrogens is 204 g/mol. The van der Waals surface area contributed by atoms with Crippen LogP contribution in [0.25, 0.3) is 0 Å². The lowest BCUT2D eigenvalue weighted by molar-refractivity contribution is -0.120. The van der Waals surface area contributed by atoms with Crippen LogP contribution in [0.1, 0.15) is 18.1 Å². The quantitative estimate of drug-likeness (QED) is 0.781. The van der Waals surface area contributed by atoms with Gasteiger partial charge in [-0.2, -0.15) is 0 Å². The molecule has 0 atom stereocenters. The topological polar surface area (TPSA) is 35.5 Å². The van der Waals surface area contributed by atoms with Crippen LogP contribution in [-0.2, 0) is 17.6 Å². The highest BCUT2D eigenvalue weighted by Crippen LogP contribution is 2.39. The molecule has 86 valence electrons. The molecular formula is C13H16O3. The minimum atomic E-state index is 0.0835. The molecule has 0 amide bonds. The van der Waals surface area contributed by atoms with E-state index in [4.69, 9.17) is 9.47 Å². The van der Waals surface area contributed by atoms with Crippen molar-refractivity contribution in [3.05, 3.63) is 23.3 Å². The van der Waals surface area contributed by atoms with Gasteiger partial charge in [0.15, 0.2) is 0 Å². The van der Waals surface area contributed by atoms with Crippen LogP contribution in [0.2, 0.25) is 0 Å². The van der Waals surface area contributed by atoms with Gasteiger partial charge in [0.1, 0.15) is 17.3 Å². The first-order valence-corrected chi connectivity index (χ1v) is 5.40. The van der Waals surface area contributed by atoms with E-state index in [1.165, 1.54) is 0 Å². The van der Waals surface area contributed by atoms with E-state index in [2.05, 4.69) is 0 Å². The Labute approximate surface area is 95.4 Å². The monoisotopic (exact) mass is 220 g/mol. The molecule has 0 unspecified atom stereocenters.